The van der Waals surface area contributed by atoms with Gasteiger partial charge in [-0.15, -0.1) is 0 Å². The van der Waals surface area contributed by atoms with Gasteiger partial charge in [0.15, 0.2) is 5.82 Å². The van der Waals surface area contributed by atoms with Crippen LogP contribution in [0.1, 0.15) is 0 Å². The lowest BCUT2D eigenvalue weighted by Gasteiger charge is -2.16. The summed E-state index contributed by atoms with van der Waals surface area (Å²) in [4.78, 5) is 15.5. The minimum Gasteiger partial charge on any atom is -0.456 e. The number of para-hydroxylation sites is 3. The molecule has 0 unspecified atom stereocenters. The smallest absolute Gasteiger partial charge is 0.160 e. The summed E-state index contributed by atoms with van der Waals surface area (Å²) in [5, 5.41) is 6.55. The molecule has 3 aromatic heterocycles. The maximum atomic E-state index is 6.64. The van der Waals surface area contributed by atoms with Gasteiger partial charge in [0.25, 0.3) is 0 Å². The van der Waals surface area contributed by atoms with Crippen molar-refractivity contribution in [2.45, 2.75) is 0 Å². The van der Waals surface area contributed by atoms with Crippen molar-refractivity contribution in [3.63, 3.8) is 0 Å². The molecule has 0 bridgehead atoms. The number of furan rings is 1. The minimum absolute atomic E-state index is 0.698. The number of pyridine rings is 1. The lowest BCUT2D eigenvalue weighted by Crippen LogP contribution is -1.95. The summed E-state index contributed by atoms with van der Waals surface area (Å²) < 4.78 is 6.64. The number of nitrogens with zero attached hydrogens (tertiary/aromatic N) is 3. The van der Waals surface area contributed by atoms with Crippen molar-refractivity contribution < 1.29 is 4.42 Å². The highest BCUT2D eigenvalue weighted by Crippen LogP contribution is 2.47. The summed E-state index contributed by atoms with van der Waals surface area (Å²) in [6, 6.07) is 65.5. The van der Waals surface area contributed by atoms with Crippen LogP contribution in [0, 0.1) is 0 Å². The van der Waals surface area contributed by atoms with E-state index in [1.165, 1.54) is 0 Å². The van der Waals surface area contributed by atoms with Crippen molar-refractivity contribution in [1.82, 2.24) is 15.0 Å². The van der Waals surface area contributed by atoms with Gasteiger partial charge in [-0.05, 0) is 53.1 Å². The molecule has 8 aromatic carbocycles. The number of fused-ring (bicyclic) bond motifs is 7. The zero-order valence-electron chi connectivity index (χ0n) is 29.6. The van der Waals surface area contributed by atoms with Gasteiger partial charge in [0.1, 0.15) is 11.2 Å². The average molecular weight is 702 g/mol. The molecule has 0 atom stereocenters. The molecule has 0 aliphatic heterocycles. The number of rotatable bonds is 5. The summed E-state index contributed by atoms with van der Waals surface area (Å²) >= 11 is 0. The quantitative estimate of drug-likeness (QED) is 0.168. The SMILES string of the molecule is c1ccc(-c2nc(-c3cccc(-c4cccc(-c5c6c(cc7c(-c8ccccc8)nc8ccccc8c57)oc5ccccc56)c4)c3)nc3ccccc23)cc1. The van der Waals surface area contributed by atoms with E-state index in [0.29, 0.717) is 5.82 Å². The number of hydrogen-bond donors (Lipinski definition) is 0. The highest BCUT2D eigenvalue weighted by molar-refractivity contribution is 6.27. The first-order valence-electron chi connectivity index (χ1n) is 18.5. The predicted molar refractivity (Wildman–Crippen MR) is 227 cm³/mol. The van der Waals surface area contributed by atoms with Crippen LogP contribution in [-0.4, -0.2) is 15.0 Å². The number of benzene rings is 8. The lowest BCUT2D eigenvalue weighted by molar-refractivity contribution is 0.669. The Bertz CT molecular complexity index is 3260. The van der Waals surface area contributed by atoms with Gasteiger partial charge in [0.05, 0.1) is 22.4 Å². The van der Waals surface area contributed by atoms with E-state index in [1.807, 2.05) is 30.3 Å². The van der Waals surface area contributed by atoms with Crippen LogP contribution in [0.2, 0.25) is 0 Å². The lowest BCUT2D eigenvalue weighted by atomic mass is 9.88. The Hall–Kier alpha value is -7.43. The van der Waals surface area contributed by atoms with E-state index in [4.69, 9.17) is 19.4 Å². The van der Waals surface area contributed by atoms with E-state index in [1.54, 1.807) is 0 Å². The summed E-state index contributed by atoms with van der Waals surface area (Å²) in [5.41, 5.74) is 13.0. The van der Waals surface area contributed by atoms with E-state index in [-0.39, 0.29) is 0 Å². The Labute approximate surface area is 317 Å². The normalized spacial score (nSPS) is 11.6. The zero-order valence-corrected chi connectivity index (χ0v) is 29.6. The summed E-state index contributed by atoms with van der Waals surface area (Å²) in [6.07, 6.45) is 0. The standard InChI is InChI=1S/C51H31N3O/c1-3-15-32(16-4-1)49-39-24-8-11-27-43(39)53-51(54-49)37-22-14-20-35(30-37)34-19-13-21-36(29-34)46-47-38-23-7-10-26-42(38)52-50(33-17-5-2-6-18-33)41(47)31-45-48(46)40-25-9-12-28-44(40)55-45/h1-31H. The van der Waals surface area contributed by atoms with E-state index >= 15 is 0 Å². The second-order valence-electron chi connectivity index (χ2n) is 13.9. The Morgan fingerprint density at radius 2 is 0.836 bits per heavy atom. The van der Waals surface area contributed by atoms with Gasteiger partial charge in [-0.1, -0.05) is 152 Å². The van der Waals surface area contributed by atoms with Crippen LogP contribution in [0.4, 0.5) is 0 Å². The van der Waals surface area contributed by atoms with E-state index in [2.05, 4.69) is 158 Å². The van der Waals surface area contributed by atoms with Crippen molar-refractivity contribution in [1.29, 1.82) is 0 Å². The highest BCUT2D eigenvalue weighted by Gasteiger charge is 2.22. The maximum absolute atomic E-state index is 6.64. The molecule has 0 saturated carbocycles. The fraction of sp³-hybridized carbons (Fsp3) is 0. The van der Waals surface area contributed by atoms with Gasteiger partial charge < -0.3 is 4.42 Å². The van der Waals surface area contributed by atoms with Crippen molar-refractivity contribution in [3.8, 4) is 56.2 Å². The molecule has 3 heterocycles. The van der Waals surface area contributed by atoms with Crippen molar-refractivity contribution >= 4 is 54.5 Å². The first kappa shape index (κ1) is 31.1. The van der Waals surface area contributed by atoms with Crippen LogP contribution >= 0.6 is 0 Å². The Morgan fingerprint density at radius 3 is 1.56 bits per heavy atom. The van der Waals surface area contributed by atoms with E-state index < -0.39 is 0 Å². The van der Waals surface area contributed by atoms with Crippen LogP contribution < -0.4 is 0 Å². The Balaban J connectivity index is 1.15. The van der Waals surface area contributed by atoms with Crippen LogP contribution in [0.25, 0.3) is 111 Å². The topological polar surface area (TPSA) is 51.8 Å². The third kappa shape index (κ3) is 5.19. The van der Waals surface area contributed by atoms with Gasteiger partial charge in [0, 0.05) is 54.6 Å². The molecule has 0 amide bonds. The Morgan fingerprint density at radius 1 is 0.309 bits per heavy atom. The molecule has 11 rings (SSSR count). The molecule has 0 fully saturated rings. The third-order valence-electron chi connectivity index (χ3n) is 10.6. The van der Waals surface area contributed by atoms with Gasteiger partial charge >= 0.3 is 0 Å². The van der Waals surface area contributed by atoms with Gasteiger partial charge in [0.2, 0.25) is 0 Å². The molecule has 0 N–H and O–H groups in total. The molecule has 256 valence electrons. The molecule has 0 aliphatic carbocycles. The summed E-state index contributed by atoms with van der Waals surface area (Å²) in [7, 11) is 0. The molecule has 0 radical (unpaired) electrons. The summed E-state index contributed by atoms with van der Waals surface area (Å²) in [6.45, 7) is 0. The molecule has 0 saturated heterocycles. The van der Waals surface area contributed by atoms with Crippen molar-refractivity contribution in [2.24, 2.45) is 0 Å². The van der Waals surface area contributed by atoms with Gasteiger partial charge in [-0.3, -0.25) is 0 Å². The number of hydrogen-bond acceptors (Lipinski definition) is 4. The van der Waals surface area contributed by atoms with E-state index in [0.717, 1.165) is 105 Å². The molecule has 0 spiro atoms. The van der Waals surface area contributed by atoms with Crippen molar-refractivity contribution in [2.75, 3.05) is 0 Å². The predicted octanol–water partition coefficient (Wildman–Crippen LogP) is 13.6. The summed E-state index contributed by atoms with van der Waals surface area (Å²) in [5.74, 6) is 0.698. The van der Waals surface area contributed by atoms with Crippen LogP contribution in [0.3, 0.4) is 0 Å². The highest BCUT2D eigenvalue weighted by atomic mass is 16.3. The second-order valence-corrected chi connectivity index (χ2v) is 13.9. The molecule has 4 nitrogen and oxygen atoms in total. The minimum atomic E-state index is 0.698. The van der Waals surface area contributed by atoms with Crippen LogP contribution in [0.5, 0.6) is 0 Å². The maximum Gasteiger partial charge on any atom is 0.160 e. The first-order chi connectivity index (χ1) is 27.3. The molecule has 4 heteroatoms. The largest absolute Gasteiger partial charge is 0.456 e. The van der Waals surface area contributed by atoms with Crippen molar-refractivity contribution in [3.05, 3.63) is 188 Å². The molecule has 11 aromatic rings. The average Bonchev–Trinajstić information content (AvgIpc) is 3.64. The van der Waals surface area contributed by atoms with E-state index in [9.17, 15) is 0 Å². The van der Waals surface area contributed by atoms with Gasteiger partial charge in [-0.2, -0.15) is 0 Å². The monoisotopic (exact) mass is 701 g/mol. The fourth-order valence-corrected chi connectivity index (χ4v) is 8.14. The fourth-order valence-electron chi connectivity index (χ4n) is 8.14. The molecule has 0 aliphatic rings. The third-order valence-corrected chi connectivity index (χ3v) is 10.6. The second kappa shape index (κ2) is 12.6. The van der Waals surface area contributed by atoms with Crippen LogP contribution in [0.15, 0.2) is 192 Å². The number of aromatic nitrogens is 3. The molecular weight excluding hydrogens is 671 g/mol. The van der Waals surface area contributed by atoms with Gasteiger partial charge in [-0.25, -0.2) is 15.0 Å². The first-order valence-corrected chi connectivity index (χ1v) is 18.5. The van der Waals surface area contributed by atoms with Crippen LogP contribution in [-0.2, 0) is 0 Å². The Kier molecular flexibility index (Phi) is 7.14. The molecular formula is C51H31N3O. The zero-order chi connectivity index (χ0) is 36.3. The molecule has 55 heavy (non-hydrogen) atoms.